The number of nitrogens with zero attached hydrogens (tertiary/aromatic N) is 4. The molecule has 2 N–H and O–H groups in total. The molecule has 1 fully saturated rings. The maximum Gasteiger partial charge on any atom is 0.267 e. The minimum Gasteiger partial charge on any atom is -0.368 e. The number of benzene rings is 1. The van der Waals surface area contributed by atoms with Crippen LogP contribution in [0.15, 0.2) is 36.5 Å². The number of carbonyl (C=O) groups excluding carboxylic acids is 1. The predicted octanol–water partition coefficient (Wildman–Crippen LogP) is 1.52. The fraction of sp³-hybridized carbons (Fsp3) is 0.235. The fourth-order valence-corrected chi connectivity index (χ4v) is 2.84. The van der Waals surface area contributed by atoms with Crippen molar-refractivity contribution in [1.82, 2.24) is 4.98 Å². The van der Waals surface area contributed by atoms with Crippen LogP contribution < -0.4 is 15.5 Å². The van der Waals surface area contributed by atoms with E-state index in [9.17, 15) is 9.18 Å². The Balaban J connectivity index is 1.75. The molecule has 1 amide bonds. The Bertz CT molecular complexity index is 809. The second-order valence-electron chi connectivity index (χ2n) is 5.48. The molecule has 3 rings (SSSR count). The van der Waals surface area contributed by atoms with Crippen molar-refractivity contribution in [2.45, 2.75) is 0 Å². The fourth-order valence-electron chi connectivity index (χ4n) is 2.84. The van der Waals surface area contributed by atoms with Crippen molar-refractivity contribution in [3.05, 3.63) is 53.6 Å². The van der Waals surface area contributed by atoms with E-state index in [1.807, 2.05) is 17.0 Å². The zero-order valence-electron chi connectivity index (χ0n) is 12.9. The summed E-state index contributed by atoms with van der Waals surface area (Å²) >= 11 is 0. The lowest BCUT2D eigenvalue weighted by Crippen LogP contribution is -2.47. The molecular formula is C17H16FN5O. The van der Waals surface area contributed by atoms with Gasteiger partial charge in [0.25, 0.3) is 5.91 Å². The molecule has 1 aromatic heterocycles. The molecule has 1 aromatic carbocycles. The van der Waals surface area contributed by atoms with Crippen molar-refractivity contribution in [1.29, 1.82) is 5.26 Å². The average molecular weight is 325 g/mol. The first-order chi connectivity index (χ1) is 11.6. The zero-order chi connectivity index (χ0) is 17.1. The van der Waals surface area contributed by atoms with Crippen molar-refractivity contribution in [2.24, 2.45) is 5.73 Å². The van der Waals surface area contributed by atoms with Crippen molar-refractivity contribution in [3.63, 3.8) is 0 Å². The maximum absolute atomic E-state index is 13.8. The summed E-state index contributed by atoms with van der Waals surface area (Å²) in [4.78, 5) is 19.3. The molecule has 0 atom stereocenters. The highest BCUT2D eigenvalue weighted by atomic mass is 19.1. The molecule has 0 saturated carbocycles. The average Bonchev–Trinajstić information content (AvgIpc) is 2.62. The number of hydrogen-bond acceptors (Lipinski definition) is 5. The Morgan fingerprint density at radius 1 is 1.21 bits per heavy atom. The van der Waals surface area contributed by atoms with E-state index >= 15 is 0 Å². The second-order valence-corrected chi connectivity index (χ2v) is 5.48. The zero-order valence-corrected chi connectivity index (χ0v) is 12.9. The van der Waals surface area contributed by atoms with Crippen LogP contribution in [-0.4, -0.2) is 37.1 Å². The minimum absolute atomic E-state index is 0.0749. The van der Waals surface area contributed by atoms with Crippen LogP contribution in [0.2, 0.25) is 0 Å². The molecule has 7 heteroatoms. The lowest BCUT2D eigenvalue weighted by Gasteiger charge is -2.37. The summed E-state index contributed by atoms with van der Waals surface area (Å²) in [5.41, 5.74) is 7.05. The van der Waals surface area contributed by atoms with E-state index in [1.54, 1.807) is 24.4 Å². The second kappa shape index (κ2) is 6.54. The van der Waals surface area contributed by atoms with Crippen molar-refractivity contribution < 1.29 is 9.18 Å². The van der Waals surface area contributed by atoms with Crippen molar-refractivity contribution in [3.8, 4) is 6.07 Å². The van der Waals surface area contributed by atoms with Crippen LogP contribution in [0.3, 0.4) is 0 Å². The molecule has 24 heavy (non-hydrogen) atoms. The smallest absolute Gasteiger partial charge is 0.267 e. The largest absolute Gasteiger partial charge is 0.368 e. The monoisotopic (exact) mass is 325 g/mol. The number of nitriles is 1. The number of pyridine rings is 1. The van der Waals surface area contributed by atoms with E-state index in [4.69, 9.17) is 11.0 Å². The lowest BCUT2D eigenvalue weighted by atomic mass is 10.1. The standard InChI is InChI=1S/C17H16FN5O/c18-14-2-1-3-16(13(14)11-19)23-8-6-22(7-9-23)12-4-5-21-15(10-12)17(20)24/h1-5,10H,6-9H2,(H2,20,24). The molecule has 1 saturated heterocycles. The Labute approximate surface area is 138 Å². The molecule has 1 aliphatic heterocycles. The number of rotatable bonds is 3. The number of aromatic nitrogens is 1. The van der Waals surface area contributed by atoms with Gasteiger partial charge < -0.3 is 15.5 Å². The SMILES string of the molecule is N#Cc1c(F)cccc1N1CCN(c2ccnc(C(N)=O)c2)CC1. The van der Waals surface area contributed by atoms with Gasteiger partial charge in [0.1, 0.15) is 23.1 Å². The number of piperazine rings is 1. The number of nitrogens with two attached hydrogens (primary N) is 1. The van der Waals surface area contributed by atoms with Crippen LogP contribution in [0.25, 0.3) is 0 Å². The quantitative estimate of drug-likeness (QED) is 0.924. The summed E-state index contributed by atoms with van der Waals surface area (Å²) in [5.74, 6) is -1.06. The number of halogens is 1. The van der Waals surface area contributed by atoms with Gasteiger partial charge in [-0.05, 0) is 24.3 Å². The van der Waals surface area contributed by atoms with Gasteiger partial charge in [0.05, 0.1) is 5.69 Å². The van der Waals surface area contributed by atoms with Crippen LogP contribution in [0, 0.1) is 17.1 Å². The van der Waals surface area contributed by atoms with Gasteiger partial charge in [-0.3, -0.25) is 9.78 Å². The first-order valence-corrected chi connectivity index (χ1v) is 7.54. The normalized spacial score (nSPS) is 14.3. The van der Waals surface area contributed by atoms with E-state index in [-0.39, 0.29) is 11.3 Å². The van der Waals surface area contributed by atoms with Gasteiger partial charge >= 0.3 is 0 Å². The topological polar surface area (TPSA) is 86.2 Å². The summed E-state index contributed by atoms with van der Waals surface area (Å²) in [6, 6.07) is 10.1. The Morgan fingerprint density at radius 2 is 1.92 bits per heavy atom. The van der Waals surface area contributed by atoms with E-state index in [0.29, 0.717) is 31.9 Å². The van der Waals surface area contributed by atoms with Gasteiger partial charge in [-0.15, -0.1) is 0 Å². The van der Waals surface area contributed by atoms with E-state index < -0.39 is 11.7 Å². The first kappa shape index (κ1) is 15.7. The lowest BCUT2D eigenvalue weighted by molar-refractivity contribution is 0.0995. The predicted molar refractivity (Wildman–Crippen MR) is 88.3 cm³/mol. The molecule has 0 radical (unpaired) electrons. The number of amides is 1. The Kier molecular flexibility index (Phi) is 4.29. The van der Waals surface area contributed by atoms with Gasteiger partial charge in [0, 0.05) is 38.1 Å². The third kappa shape index (κ3) is 2.99. The van der Waals surface area contributed by atoms with E-state index in [0.717, 1.165) is 5.69 Å². The highest BCUT2D eigenvalue weighted by Crippen LogP contribution is 2.25. The summed E-state index contributed by atoms with van der Waals surface area (Å²) in [6.07, 6.45) is 1.56. The molecule has 0 bridgehead atoms. The van der Waals surface area contributed by atoms with Crippen LogP contribution in [0.5, 0.6) is 0 Å². The minimum atomic E-state index is -0.561. The molecule has 2 heterocycles. The van der Waals surface area contributed by atoms with Crippen LogP contribution in [0.4, 0.5) is 15.8 Å². The molecule has 6 nitrogen and oxygen atoms in total. The molecule has 2 aromatic rings. The Morgan fingerprint density at radius 3 is 2.58 bits per heavy atom. The van der Waals surface area contributed by atoms with Crippen LogP contribution in [0.1, 0.15) is 16.1 Å². The first-order valence-electron chi connectivity index (χ1n) is 7.54. The highest BCUT2D eigenvalue weighted by molar-refractivity contribution is 5.91. The van der Waals surface area contributed by atoms with Gasteiger partial charge in [-0.1, -0.05) is 6.07 Å². The molecule has 122 valence electrons. The molecule has 0 spiro atoms. The molecule has 1 aliphatic rings. The van der Waals surface area contributed by atoms with Crippen molar-refractivity contribution in [2.75, 3.05) is 36.0 Å². The van der Waals surface area contributed by atoms with E-state index in [2.05, 4.69) is 9.88 Å². The molecule has 0 unspecified atom stereocenters. The van der Waals surface area contributed by atoms with E-state index in [1.165, 1.54) is 6.07 Å². The van der Waals surface area contributed by atoms with Gasteiger partial charge in [0.15, 0.2) is 0 Å². The summed E-state index contributed by atoms with van der Waals surface area (Å²) < 4.78 is 13.8. The number of anilines is 2. The van der Waals surface area contributed by atoms with Gasteiger partial charge in [-0.2, -0.15) is 5.26 Å². The molecular weight excluding hydrogens is 309 g/mol. The van der Waals surface area contributed by atoms with Gasteiger partial charge in [-0.25, -0.2) is 4.39 Å². The summed E-state index contributed by atoms with van der Waals surface area (Å²) in [7, 11) is 0. The maximum atomic E-state index is 13.8. The number of carbonyl (C=O) groups is 1. The third-order valence-corrected chi connectivity index (χ3v) is 4.08. The van der Waals surface area contributed by atoms with Crippen LogP contribution >= 0.6 is 0 Å². The summed E-state index contributed by atoms with van der Waals surface area (Å²) in [6.45, 7) is 2.66. The van der Waals surface area contributed by atoms with Gasteiger partial charge in [0.2, 0.25) is 0 Å². The number of primary amides is 1. The summed E-state index contributed by atoms with van der Waals surface area (Å²) in [5, 5.41) is 9.16. The highest BCUT2D eigenvalue weighted by Gasteiger charge is 2.21. The van der Waals surface area contributed by atoms with Crippen molar-refractivity contribution >= 4 is 17.3 Å². The Hall–Kier alpha value is -3.14. The number of hydrogen-bond donors (Lipinski definition) is 1. The third-order valence-electron chi connectivity index (χ3n) is 4.08. The van der Waals surface area contributed by atoms with Crippen LogP contribution in [-0.2, 0) is 0 Å². The molecule has 0 aliphatic carbocycles.